The van der Waals surface area contributed by atoms with Crippen LogP contribution in [0.5, 0.6) is 0 Å². The average Bonchev–Trinajstić information content (AvgIpc) is 2.96. The lowest BCUT2D eigenvalue weighted by Gasteiger charge is -1.94. The molecule has 0 aliphatic carbocycles. The third-order valence-electron chi connectivity index (χ3n) is 3.07. The molecule has 1 heteroatoms. The molecular weight excluding hydrogens is 230 g/mol. The van der Waals surface area contributed by atoms with E-state index in [4.69, 9.17) is 0 Å². The highest BCUT2D eigenvalue weighted by molar-refractivity contribution is 5.72. The van der Waals surface area contributed by atoms with Crippen LogP contribution in [0.4, 0.5) is 0 Å². The molecule has 1 nitrogen and oxygen atoms in total. The molecule has 0 aliphatic heterocycles. The SMILES string of the molecule is C(=Cc1cc(-c2ccccc2)c[nH]1)c1ccccc1. The highest BCUT2D eigenvalue weighted by atomic mass is 14.7. The van der Waals surface area contributed by atoms with Gasteiger partial charge in [-0.25, -0.2) is 0 Å². The molecule has 1 aromatic heterocycles. The van der Waals surface area contributed by atoms with E-state index in [1.165, 1.54) is 16.7 Å². The number of hydrogen-bond acceptors (Lipinski definition) is 0. The van der Waals surface area contributed by atoms with E-state index in [0.717, 1.165) is 5.69 Å². The summed E-state index contributed by atoms with van der Waals surface area (Å²) in [6.45, 7) is 0. The van der Waals surface area contributed by atoms with E-state index in [-0.39, 0.29) is 0 Å². The Kier molecular flexibility index (Phi) is 3.28. The van der Waals surface area contributed by atoms with Crippen LogP contribution in [0.25, 0.3) is 23.3 Å². The van der Waals surface area contributed by atoms with Crippen molar-refractivity contribution in [3.8, 4) is 11.1 Å². The first kappa shape index (κ1) is 11.5. The Bertz CT molecular complexity index is 663. The lowest BCUT2D eigenvalue weighted by atomic mass is 10.1. The Labute approximate surface area is 113 Å². The summed E-state index contributed by atoms with van der Waals surface area (Å²) in [5, 5.41) is 0. The minimum atomic E-state index is 1.11. The quantitative estimate of drug-likeness (QED) is 0.678. The molecule has 2 aromatic carbocycles. The van der Waals surface area contributed by atoms with Crippen LogP contribution >= 0.6 is 0 Å². The van der Waals surface area contributed by atoms with Crippen molar-refractivity contribution in [3.63, 3.8) is 0 Å². The second-order valence-electron chi connectivity index (χ2n) is 4.45. The first-order valence-electron chi connectivity index (χ1n) is 6.39. The smallest absolute Gasteiger partial charge is 0.0386 e. The number of benzene rings is 2. The zero-order chi connectivity index (χ0) is 12.9. The molecule has 0 aliphatic rings. The molecule has 0 radical (unpaired) electrons. The molecule has 3 rings (SSSR count). The number of aromatic nitrogens is 1. The standard InChI is InChI=1S/C18H15N/c1-3-7-15(8-4-1)11-12-18-13-17(14-19-18)16-9-5-2-6-10-16/h1-14,19H. The van der Waals surface area contributed by atoms with E-state index in [0.29, 0.717) is 0 Å². The van der Waals surface area contributed by atoms with Gasteiger partial charge in [-0.15, -0.1) is 0 Å². The normalized spacial score (nSPS) is 10.9. The van der Waals surface area contributed by atoms with E-state index < -0.39 is 0 Å². The first-order chi connectivity index (χ1) is 9.42. The van der Waals surface area contributed by atoms with Gasteiger partial charge in [0, 0.05) is 11.9 Å². The number of H-pyrrole nitrogens is 1. The predicted octanol–water partition coefficient (Wildman–Crippen LogP) is 4.85. The fraction of sp³-hybridized carbons (Fsp3) is 0. The Morgan fingerprint density at radius 2 is 1.37 bits per heavy atom. The molecule has 0 amide bonds. The minimum Gasteiger partial charge on any atom is -0.361 e. The van der Waals surface area contributed by atoms with Gasteiger partial charge < -0.3 is 4.98 Å². The van der Waals surface area contributed by atoms with Gasteiger partial charge in [0.05, 0.1) is 0 Å². The average molecular weight is 245 g/mol. The van der Waals surface area contributed by atoms with Gasteiger partial charge in [-0.2, -0.15) is 0 Å². The van der Waals surface area contributed by atoms with Crippen LogP contribution in [0.15, 0.2) is 72.9 Å². The van der Waals surface area contributed by atoms with E-state index >= 15 is 0 Å². The van der Waals surface area contributed by atoms with Gasteiger partial charge in [-0.05, 0) is 28.8 Å². The van der Waals surface area contributed by atoms with Crippen LogP contribution in [0.2, 0.25) is 0 Å². The van der Waals surface area contributed by atoms with Gasteiger partial charge in [-0.1, -0.05) is 66.7 Å². The molecule has 0 fully saturated rings. The largest absolute Gasteiger partial charge is 0.361 e. The maximum absolute atomic E-state index is 3.29. The second kappa shape index (κ2) is 5.40. The summed E-state index contributed by atoms with van der Waals surface area (Å²) >= 11 is 0. The number of rotatable bonds is 3. The summed E-state index contributed by atoms with van der Waals surface area (Å²) in [6, 6.07) is 22.9. The van der Waals surface area contributed by atoms with Crippen LogP contribution in [-0.2, 0) is 0 Å². The van der Waals surface area contributed by atoms with Gasteiger partial charge in [-0.3, -0.25) is 0 Å². The summed E-state index contributed by atoms with van der Waals surface area (Å²) in [4.78, 5) is 3.29. The van der Waals surface area contributed by atoms with E-state index in [1.807, 2.05) is 30.5 Å². The van der Waals surface area contributed by atoms with Crippen molar-refractivity contribution in [1.29, 1.82) is 0 Å². The molecule has 0 unspecified atom stereocenters. The highest BCUT2D eigenvalue weighted by Crippen LogP contribution is 2.20. The minimum absolute atomic E-state index is 1.11. The lowest BCUT2D eigenvalue weighted by molar-refractivity contribution is 1.38. The van der Waals surface area contributed by atoms with Crippen LogP contribution in [0.1, 0.15) is 11.3 Å². The van der Waals surface area contributed by atoms with Crippen LogP contribution in [0.3, 0.4) is 0 Å². The van der Waals surface area contributed by atoms with Gasteiger partial charge in [0.15, 0.2) is 0 Å². The fourth-order valence-corrected chi connectivity index (χ4v) is 2.06. The third kappa shape index (κ3) is 2.83. The Morgan fingerprint density at radius 3 is 2.11 bits per heavy atom. The van der Waals surface area contributed by atoms with Crippen molar-refractivity contribution in [2.45, 2.75) is 0 Å². The van der Waals surface area contributed by atoms with Crippen molar-refractivity contribution in [1.82, 2.24) is 4.98 Å². The van der Waals surface area contributed by atoms with E-state index in [9.17, 15) is 0 Å². The van der Waals surface area contributed by atoms with Crippen LogP contribution < -0.4 is 0 Å². The zero-order valence-electron chi connectivity index (χ0n) is 10.6. The summed E-state index contributed by atoms with van der Waals surface area (Å²) in [5.41, 5.74) is 4.77. The summed E-state index contributed by atoms with van der Waals surface area (Å²) in [6.07, 6.45) is 6.25. The topological polar surface area (TPSA) is 15.8 Å². The maximum Gasteiger partial charge on any atom is 0.0386 e. The van der Waals surface area contributed by atoms with Crippen LogP contribution in [-0.4, -0.2) is 4.98 Å². The Hall–Kier alpha value is -2.54. The van der Waals surface area contributed by atoms with Crippen molar-refractivity contribution in [2.75, 3.05) is 0 Å². The molecule has 1 N–H and O–H groups in total. The first-order valence-corrected chi connectivity index (χ1v) is 6.39. The molecule has 19 heavy (non-hydrogen) atoms. The van der Waals surface area contributed by atoms with Crippen molar-refractivity contribution in [3.05, 3.63) is 84.2 Å². The van der Waals surface area contributed by atoms with Crippen LogP contribution in [0, 0.1) is 0 Å². The molecule has 3 aromatic rings. The molecular formula is C18H15N. The molecule has 0 spiro atoms. The molecule has 0 saturated carbocycles. The second-order valence-corrected chi connectivity index (χ2v) is 4.45. The molecule has 1 heterocycles. The Morgan fingerprint density at radius 1 is 0.684 bits per heavy atom. The fourth-order valence-electron chi connectivity index (χ4n) is 2.06. The monoisotopic (exact) mass is 245 g/mol. The summed E-state index contributed by atoms with van der Waals surface area (Å²) in [7, 11) is 0. The highest BCUT2D eigenvalue weighted by Gasteiger charge is 1.98. The Balaban J connectivity index is 1.81. The molecule has 92 valence electrons. The van der Waals surface area contributed by atoms with Crippen molar-refractivity contribution in [2.24, 2.45) is 0 Å². The van der Waals surface area contributed by atoms with Gasteiger partial charge in [0.25, 0.3) is 0 Å². The maximum atomic E-state index is 3.29. The van der Waals surface area contributed by atoms with E-state index in [1.54, 1.807) is 0 Å². The third-order valence-corrected chi connectivity index (χ3v) is 3.07. The van der Waals surface area contributed by atoms with E-state index in [2.05, 4.69) is 59.6 Å². The molecule has 0 saturated heterocycles. The zero-order valence-corrected chi connectivity index (χ0v) is 10.6. The van der Waals surface area contributed by atoms with Gasteiger partial charge in [0.2, 0.25) is 0 Å². The van der Waals surface area contributed by atoms with Crippen molar-refractivity contribution < 1.29 is 0 Å². The number of aromatic amines is 1. The molecule has 0 atom stereocenters. The lowest BCUT2D eigenvalue weighted by Crippen LogP contribution is -1.71. The summed E-state index contributed by atoms with van der Waals surface area (Å²) < 4.78 is 0. The summed E-state index contributed by atoms with van der Waals surface area (Å²) in [5.74, 6) is 0. The number of nitrogens with one attached hydrogen (secondary N) is 1. The number of hydrogen-bond donors (Lipinski definition) is 1. The van der Waals surface area contributed by atoms with Gasteiger partial charge >= 0.3 is 0 Å². The van der Waals surface area contributed by atoms with Gasteiger partial charge in [0.1, 0.15) is 0 Å². The predicted molar refractivity (Wildman–Crippen MR) is 81.6 cm³/mol. The van der Waals surface area contributed by atoms with Crippen molar-refractivity contribution >= 4 is 12.2 Å². The molecule has 0 bridgehead atoms.